The van der Waals surface area contributed by atoms with Gasteiger partial charge in [-0.25, -0.2) is 17.2 Å². The van der Waals surface area contributed by atoms with Crippen molar-refractivity contribution in [2.24, 2.45) is 0 Å². The molecule has 1 aliphatic heterocycles. The molecular formula is C19H28F2N3O3S+. The highest BCUT2D eigenvalue weighted by molar-refractivity contribution is 7.89. The van der Waals surface area contributed by atoms with E-state index in [0.717, 1.165) is 42.7 Å². The Morgan fingerprint density at radius 2 is 1.82 bits per heavy atom. The first-order chi connectivity index (χ1) is 13.3. The summed E-state index contributed by atoms with van der Waals surface area (Å²) in [5, 5.41) is 0. The topological polar surface area (TPSA) is 62.1 Å². The van der Waals surface area contributed by atoms with Crippen molar-refractivity contribution in [3.05, 3.63) is 29.8 Å². The summed E-state index contributed by atoms with van der Waals surface area (Å²) in [5.74, 6) is -1.67. The van der Waals surface area contributed by atoms with Gasteiger partial charge in [0.25, 0.3) is 5.91 Å². The van der Waals surface area contributed by atoms with E-state index in [4.69, 9.17) is 0 Å². The lowest BCUT2D eigenvalue weighted by molar-refractivity contribution is -0.896. The summed E-state index contributed by atoms with van der Waals surface area (Å²) in [7, 11) is -2.24. The van der Waals surface area contributed by atoms with Crippen LogP contribution in [-0.2, 0) is 14.8 Å². The fourth-order valence-corrected chi connectivity index (χ4v) is 5.56. The number of likely N-dealkylation sites (N-methyl/N-ethyl adjacent to an activating group) is 1. The zero-order valence-electron chi connectivity index (χ0n) is 16.2. The van der Waals surface area contributed by atoms with Gasteiger partial charge in [-0.15, -0.1) is 0 Å². The molecule has 9 heteroatoms. The van der Waals surface area contributed by atoms with E-state index in [2.05, 4.69) is 0 Å². The number of carbonyl (C=O) groups excluding carboxylic acids is 1. The summed E-state index contributed by atoms with van der Waals surface area (Å²) in [6.45, 7) is 1.60. The highest BCUT2D eigenvalue weighted by atomic mass is 32.2. The SMILES string of the molecule is CN(C(=O)C[NH+]1CCN(S(=O)(=O)c2cc(F)ccc2F)CC1)C1CCCCC1. The van der Waals surface area contributed by atoms with Crippen LogP contribution in [-0.4, -0.2) is 69.3 Å². The molecule has 1 aromatic rings. The van der Waals surface area contributed by atoms with Crippen LogP contribution in [0, 0.1) is 11.6 Å². The Kier molecular flexibility index (Phi) is 6.67. The summed E-state index contributed by atoms with van der Waals surface area (Å²) < 4.78 is 53.7. The Labute approximate surface area is 165 Å². The number of nitrogens with zero attached hydrogens (tertiary/aromatic N) is 2. The van der Waals surface area contributed by atoms with E-state index in [0.29, 0.717) is 31.7 Å². The Bertz CT molecular complexity index is 805. The van der Waals surface area contributed by atoms with Gasteiger partial charge in [0.2, 0.25) is 10.0 Å². The first-order valence-corrected chi connectivity index (χ1v) is 11.3. The van der Waals surface area contributed by atoms with E-state index < -0.39 is 26.6 Å². The van der Waals surface area contributed by atoms with Crippen molar-refractivity contribution in [1.82, 2.24) is 9.21 Å². The molecule has 1 saturated carbocycles. The first-order valence-electron chi connectivity index (χ1n) is 9.83. The van der Waals surface area contributed by atoms with Crippen molar-refractivity contribution < 1.29 is 26.9 Å². The van der Waals surface area contributed by atoms with Crippen molar-refractivity contribution in [1.29, 1.82) is 0 Å². The summed E-state index contributed by atoms with van der Waals surface area (Å²) in [6.07, 6.45) is 5.63. The molecule has 0 atom stereocenters. The Hall–Kier alpha value is -1.58. The van der Waals surface area contributed by atoms with E-state index in [1.165, 1.54) is 10.7 Å². The number of hydrogen-bond acceptors (Lipinski definition) is 3. The van der Waals surface area contributed by atoms with Crippen LogP contribution in [0.5, 0.6) is 0 Å². The third kappa shape index (κ3) is 4.69. The van der Waals surface area contributed by atoms with E-state index in [9.17, 15) is 22.0 Å². The van der Waals surface area contributed by atoms with Gasteiger partial charge in [-0.05, 0) is 31.0 Å². The van der Waals surface area contributed by atoms with Crippen LogP contribution in [0.15, 0.2) is 23.1 Å². The molecule has 6 nitrogen and oxygen atoms in total. The van der Waals surface area contributed by atoms with E-state index >= 15 is 0 Å². The monoisotopic (exact) mass is 416 g/mol. The number of hydrogen-bond donors (Lipinski definition) is 1. The molecule has 1 N–H and O–H groups in total. The molecule has 1 saturated heterocycles. The van der Waals surface area contributed by atoms with Gasteiger partial charge in [0, 0.05) is 13.1 Å². The third-order valence-electron chi connectivity index (χ3n) is 5.86. The third-order valence-corrected chi connectivity index (χ3v) is 7.77. The second-order valence-corrected chi connectivity index (χ2v) is 9.61. The Morgan fingerprint density at radius 3 is 2.46 bits per heavy atom. The van der Waals surface area contributed by atoms with Crippen molar-refractivity contribution in [3.63, 3.8) is 0 Å². The maximum absolute atomic E-state index is 13.9. The van der Waals surface area contributed by atoms with Crippen LogP contribution in [0.2, 0.25) is 0 Å². The predicted octanol–water partition coefficient (Wildman–Crippen LogP) is 0.645. The van der Waals surface area contributed by atoms with Crippen LogP contribution >= 0.6 is 0 Å². The van der Waals surface area contributed by atoms with Crippen LogP contribution in [0.3, 0.4) is 0 Å². The average molecular weight is 417 g/mol. The number of quaternary nitrogens is 1. The molecule has 0 radical (unpaired) electrons. The molecule has 0 bridgehead atoms. The lowest BCUT2D eigenvalue weighted by Crippen LogP contribution is -3.15. The molecule has 1 heterocycles. The highest BCUT2D eigenvalue weighted by Gasteiger charge is 2.34. The molecule has 1 amide bonds. The fourth-order valence-electron chi connectivity index (χ4n) is 4.04. The van der Waals surface area contributed by atoms with Crippen LogP contribution in [0.1, 0.15) is 32.1 Å². The molecule has 156 valence electrons. The van der Waals surface area contributed by atoms with Crippen molar-refractivity contribution in [3.8, 4) is 0 Å². The molecule has 28 heavy (non-hydrogen) atoms. The van der Waals surface area contributed by atoms with Gasteiger partial charge in [0.1, 0.15) is 16.5 Å². The minimum absolute atomic E-state index is 0.0781. The molecule has 1 aliphatic carbocycles. The number of piperazine rings is 1. The minimum Gasteiger partial charge on any atom is -0.338 e. The fraction of sp³-hybridized carbons (Fsp3) is 0.632. The predicted molar refractivity (Wildman–Crippen MR) is 100 cm³/mol. The van der Waals surface area contributed by atoms with Crippen molar-refractivity contribution >= 4 is 15.9 Å². The van der Waals surface area contributed by atoms with Crippen LogP contribution < -0.4 is 4.90 Å². The summed E-state index contributed by atoms with van der Waals surface area (Å²) in [5.41, 5.74) is 0. The van der Waals surface area contributed by atoms with Crippen molar-refractivity contribution in [2.45, 2.75) is 43.0 Å². The smallest absolute Gasteiger partial charge is 0.277 e. The lowest BCUT2D eigenvalue weighted by Gasteiger charge is -2.34. The zero-order chi connectivity index (χ0) is 20.3. The van der Waals surface area contributed by atoms with E-state index in [1.807, 2.05) is 11.9 Å². The number of halogens is 2. The quantitative estimate of drug-likeness (QED) is 0.767. The second kappa shape index (κ2) is 8.84. The molecule has 0 unspecified atom stereocenters. The maximum atomic E-state index is 13.9. The molecule has 3 rings (SSSR count). The van der Waals surface area contributed by atoms with Gasteiger partial charge in [-0.1, -0.05) is 19.3 Å². The molecule has 1 aromatic carbocycles. The number of sulfonamides is 1. The van der Waals surface area contributed by atoms with Crippen LogP contribution in [0.25, 0.3) is 0 Å². The van der Waals surface area contributed by atoms with Crippen LogP contribution in [0.4, 0.5) is 8.78 Å². The number of rotatable bonds is 5. The second-order valence-electron chi connectivity index (χ2n) is 7.70. The normalized spacial score (nSPS) is 20.2. The lowest BCUT2D eigenvalue weighted by atomic mass is 9.94. The highest BCUT2D eigenvalue weighted by Crippen LogP contribution is 2.22. The van der Waals surface area contributed by atoms with Gasteiger partial charge in [0.05, 0.1) is 26.2 Å². The summed E-state index contributed by atoms with van der Waals surface area (Å²) in [6, 6.07) is 2.74. The summed E-state index contributed by atoms with van der Waals surface area (Å²) in [4.78, 5) is 14.8. The number of benzene rings is 1. The van der Waals surface area contributed by atoms with Gasteiger partial charge in [-0.2, -0.15) is 4.31 Å². The molecule has 2 aliphatic rings. The number of amides is 1. The van der Waals surface area contributed by atoms with Crippen molar-refractivity contribution in [2.75, 3.05) is 39.8 Å². The number of carbonyl (C=O) groups is 1. The number of nitrogens with one attached hydrogen (secondary N) is 1. The first kappa shape index (κ1) is 21.1. The van der Waals surface area contributed by atoms with Gasteiger partial charge in [0.15, 0.2) is 6.54 Å². The Morgan fingerprint density at radius 1 is 1.18 bits per heavy atom. The molecule has 0 spiro atoms. The van der Waals surface area contributed by atoms with Gasteiger partial charge >= 0.3 is 0 Å². The van der Waals surface area contributed by atoms with E-state index in [-0.39, 0.29) is 19.0 Å². The average Bonchev–Trinajstić information content (AvgIpc) is 2.70. The molecule has 0 aromatic heterocycles. The Balaban J connectivity index is 1.56. The standard InChI is InChI=1S/C19H27F2N3O3S/c1-22(16-5-3-2-4-6-16)19(25)14-23-9-11-24(12-10-23)28(26,27)18-13-15(20)7-8-17(18)21/h7-8,13,16H,2-6,9-12,14H2,1H3/p+1. The van der Waals surface area contributed by atoms with Gasteiger partial charge < -0.3 is 9.80 Å². The largest absolute Gasteiger partial charge is 0.338 e. The molecule has 2 fully saturated rings. The minimum atomic E-state index is -4.09. The van der Waals surface area contributed by atoms with Gasteiger partial charge in [-0.3, -0.25) is 4.79 Å². The molecular weight excluding hydrogens is 388 g/mol. The maximum Gasteiger partial charge on any atom is 0.277 e. The zero-order valence-corrected chi connectivity index (χ0v) is 17.0. The van der Waals surface area contributed by atoms with E-state index in [1.54, 1.807) is 0 Å². The summed E-state index contributed by atoms with van der Waals surface area (Å²) >= 11 is 0.